The molecule has 0 aliphatic heterocycles. The van der Waals surface area contributed by atoms with Crippen LogP contribution >= 0.6 is 0 Å². The fourth-order valence-electron chi connectivity index (χ4n) is 3.42. The van der Waals surface area contributed by atoms with Crippen LogP contribution in [0.3, 0.4) is 0 Å². The minimum atomic E-state index is -1.19. The summed E-state index contributed by atoms with van der Waals surface area (Å²) in [4.78, 5) is 47.6. The number of carboxylic acids is 1. The lowest BCUT2D eigenvalue weighted by molar-refractivity contribution is -0.229. The smallest absolute Gasteiger partial charge is 0.336 e. The van der Waals surface area contributed by atoms with Gasteiger partial charge in [0.05, 0.1) is 10.8 Å². The van der Waals surface area contributed by atoms with Gasteiger partial charge in [0.25, 0.3) is 0 Å². The highest BCUT2D eigenvalue weighted by Crippen LogP contribution is 2.37. The van der Waals surface area contributed by atoms with E-state index in [4.69, 9.17) is 4.42 Å². The Kier molecular flexibility index (Phi) is 4.20. The maximum Gasteiger partial charge on any atom is 0.336 e. The van der Waals surface area contributed by atoms with Crippen molar-refractivity contribution in [3.8, 4) is 11.1 Å². The molecule has 0 bridgehead atoms. The van der Waals surface area contributed by atoms with Gasteiger partial charge in [-0.25, -0.2) is 4.79 Å². The largest absolute Gasteiger partial charge is 0.877 e. The third-order valence-electron chi connectivity index (χ3n) is 4.72. The molecule has 7 heteroatoms. The monoisotopic (exact) mass is 387 g/mol. The number of carbonyl (C=O) groups is 2. The number of benzene rings is 3. The van der Waals surface area contributed by atoms with Gasteiger partial charge in [0.15, 0.2) is 17.1 Å². The number of hydrogen-bond donors (Lipinski definition) is 1. The van der Waals surface area contributed by atoms with Crippen LogP contribution in [-0.4, -0.2) is 17.4 Å². The first-order valence-corrected chi connectivity index (χ1v) is 8.44. The molecule has 3 aromatic carbocycles. The Morgan fingerprint density at radius 2 is 1.59 bits per heavy atom. The van der Waals surface area contributed by atoms with Gasteiger partial charge in [0.1, 0.15) is 16.7 Å². The molecule has 0 unspecified atom stereocenters. The van der Waals surface area contributed by atoms with E-state index in [0.29, 0.717) is 28.9 Å². The summed E-state index contributed by atoms with van der Waals surface area (Å²) in [6, 6.07) is 11.4. The summed E-state index contributed by atoms with van der Waals surface area (Å²) in [7, 11) is 0. The molecule has 7 nitrogen and oxygen atoms in total. The van der Waals surface area contributed by atoms with Gasteiger partial charge >= 0.3 is 5.97 Å². The van der Waals surface area contributed by atoms with Gasteiger partial charge in [-0.3, -0.25) is 14.4 Å². The fourth-order valence-corrected chi connectivity index (χ4v) is 3.42. The van der Waals surface area contributed by atoms with E-state index in [2.05, 4.69) is 0 Å². The van der Waals surface area contributed by atoms with E-state index in [1.54, 1.807) is 18.2 Å². The second kappa shape index (κ2) is 6.72. The molecule has 0 saturated carbocycles. The van der Waals surface area contributed by atoms with Gasteiger partial charge in [-0.2, -0.15) is 0 Å². The maximum absolute atomic E-state index is 12.1. The molecule has 0 spiro atoms. The molecule has 0 aliphatic carbocycles. The summed E-state index contributed by atoms with van der Waals surface area (Å²) in [5.74, 6) is -1.19. The zero-order valence-corrected chi connectivity index (χ0v) is 14.7. The van der Waals surface area contributed by atoms with Gasteiger partial charge in [0.2, 0.25) is 0 Å². The quantitative estimate of drug-likeness (QED) is 0.415. The minimum absolute atomic E-state index is 0.0287. The second-order valence-electron chi connectivity index (χ2n) is 6.27. The van der Waals surface area contributed by atoms with Crippen LogP contribution in [0.2, 0.25) is 0 Å². The van der Waals surface area contributed by atoms with Crippen LogP contribution in [0.25, 0.3) is 39.3 Å². The molecule has 4 rings (SSSR count). The summed E-state index contributed by atoms with van der Waals surface area (Å²) >= 11 is 0. The molecule has 0 aliphatic rings. The molecular weight excluding hydrogens is 376 g/mol. The van der Waals surface area contributed by atoms with Crippen molar-refractivity contribution in [1.82, 2.24) is 0 Å². The van der Waals surface area contributed by atoms with Crippen molar-refractivity contribution in [3.05, 3.63) is 85.3 Å². The van der Waals surface area contributed by atoms with Crippen LogP contribution in [0.15, 0.2) is 62.5 Å². The Morgan fingerprint density at radius 1 is 0.931 bits per heavy atom. The van der Waals surface area contributed by atoms with E-state index in [9.17, 15) is 29.4 Å². The van der Waals surface area contributed by atoms with Crippen LogP contribution in [0, 0.1) is 0 Å². The first kappa shape index (κ1) is 18.1. The van der Waals surface area contributed by atoms with Crippen LogP contribution < -0.4 is 21.2 Å². The summed E-state index contributed by atoms with van der Waals surface area (Å²) in [6.07, 6.45) is 0.656. The number of fused-ring (bicyclic) bond motifs is 2. The average molecular weight is 387 g/mol. The van der Waals surface area contributed by atoms with Crippen molar-refractivity contribution in [2.45, 2.75) is 0 Å². The van der Waals surface area contributed by atoms with E-state index < -0.39 is 16.8 Å². The normalized spacial score (nSPS) is 11.8. The molecule has 0 fully saturated rings. The lowest BCUT2D eigenvalue weighted by Crippen LogP contribution is -2.26. The van der Waals surface area contributed by atoms with Crippen molar-refractivity contribution < 1.29 is 24.2 Å². The van der Waals surface area contributed by atoms with Crippen LogP contribution in [0.5, 0.6) is 0 Å². The molecule has 1 N–H and O–H groups in total. The molecule has 0 amide bonds. The highest BCUT2D eigenvalue weighted by molar-refractivity contribution is 6.13. The van der Waals surface area contributed by atoms with E-state index in [1.807, 2.05) is 0 Å². The van der Waals surface area contributed by atoms with Crippen molar-refractivity contribution in [2.24, 2.45) is 0 Å². The summed E-state index contributed by atoms with van der Waals surface area (Å²) in [5, 5.41) is 21.5. The number of aromatic carboxylic acids is 1. The Bertz CT molecular complexity index is 1500. The van der Waals surface area contributed by atoms with E-state index in [1.165, 1.54) is 30.3 Å². The van der Waals surface area contributed by atoms with E-state index in [0.717, 1.165) is 0 Å². The summed E-state index contributed by atoms with van der Waals surface area (Å²) in [6.45, 7) is 0. The fraction of sp³-hybridized carbons (Fsp3) is 0. The van der Waals surface area contributed by atoms with Crippen molar-refractivity contribution >= 4 is 40.5 Å². The maximum atomic E-state index is 12.1. The minimum Gasteiger partial charge on any atom is -0.877 e. The average Bonchev–Trinajstić information content (AvgIpc) is 2.72. The molecule has 142 valence electrons. The predicted molar refractivity (Wildman–Crippen MR) is 104 cm³/mol. The first-order chi connectivity index (χ1) is 14.0. The van der Waals surface area contributed by atoms with Crippen molar-refractivity contribution in [3.63, 3.8) is 0 Å². The zero-order chi connectivity index (χ0) is 20.7. The first-order valence-electron chi connectivity index (χ1n) is 8.44. The standard InChI is InChI=1S/C22H12O7/c23-9-15-17(25)7-5-13-19(11-3-1-2-4-12(11)22(27)28)14-6-8-18(26)16(10-24)21(14)29-20(13)15/h1-10,23H,(H,27,28)/p-1/b15-9+. The molecule has 4 aromatic rings. The van der Waals surface area contributed by atoms with E-state index >= 15 is 0 Å². The highest BCUT2D eigenvalue weighted by atomic mass is 16.4. The number of carbonyl (C=O) groups excluding carboxylic acids is 1. The van der Waals surface area contributed by atoms with Crippen LogP contribution in [0.4, 0.5) is 0 Å². The third kappa shape index (κ3) is 2.68. The lowest BCUT2D eigenvalue weighted by atomic mass is 9.92. The Labute approximate surface area is 161 Å². The molecular formula is C22H11O7-. The Morgan fingerprint density at radius 3 is 2.24 bits per heavy atom. The molecule has 0 radical (unpaired) electrons. The van der Waals surface area contributed by atoms with Gasteiger partial charge in [-0.1, -0.05) is 18.2 Å². The lowest BCUT2D eigenvalue weighted by Gasteiger charge is -2.14. The molecule has 29 heavy (non-hydrogen) atoms. The van der Waals surface area contributed by atoms with Crippen molar-refractivity contribution in [2.75, 3.05) is 0 Å². The number of carboxylic acid groups (broad SMARTS) is 1. The van der Waals surface area contributed by atoms with Gasteiger partial charge in [0, 0.05) is 16.3 Å². The summed E-state index contributed by atoms with van der Waals surface area (Å²) in [5.41, 5.74) is -1.13. The number of rotatable bonds is 3. The molecule has 0 saturated heterocycles. The molecule has 1 aromatic heterocycles. The van der Waals surface area contributed by atoms with Crippen molar-refractivity contribution in [1.29, 1.82) is 0 Å². The number of hydrogen-bond acceptors (Lipinski definition) is 6. The topological polar surface area (TPSA) is 125 Å². The molecule has 1 heterocycles. The zero-order valence-electron chi connectivity index (χ0n) is 14.7. The van der Waals surface area contributed by atoms with Gasteiger partial charge in [-0.15, -0.1) is 6.26 Å². The SMILES string of the molecule is O=Cc1c(=O)ccc2c(-c3ccccc3C(=O)O)c3ccc(=O)/c(=C\[O-])c3oc12. The second-order valence-corrected chi connectivity index (χ2v) is 6.27. The van der Waals surface area contributed by atoms with E-state index in [-0.39, 0.29) is 33.1 Å². The van der Waals surface area contributed by atoms with Gasteiger partial charge < -0.3 is 14.6 Å². The highest BCUT2D eigenvalue weighted by Gasteiger charge is 2.20. The Hall–Kier alpha value is -4.26. The third-order valence-corrected chi connectivity index (χ3v) is 4.72. The van der Waals surface area contributed by atoms with Gasteiger partial charge in [-0.05, 0) is 35.9 Å². The molecule has 0 atom stereocenters. The predicted octanol–water partition coefficient (Wildman–Crippen LogP) is 1.30. The van der Waals surface area contributed by atoms with Crippen LogP contribution in [-0.2, 0) is 0 Å². The number of aldehydes is 1. The Balaban J connectivity index is 2.39. The summed E-state index contributed by atoms with van der Waals surface area (Å²) < 4.78 is 5.70. The van der Waals surface area contributed by atoms with Crippen LogP contribution in [0.1, 0.15) is 20.7 Å².